The third kappa shape index (κ3) is 2.12. The number of ketones is 1. The minimum atomic E-state index is -0.688. The zero-order valence-corrected chi connectivity index (χ0v) is 8.67. The van der Waals surface area contributed by atoms with E-state index >= 15 is 0 Å². The fourth-order valence-corrected chi connectivity index (χ4v) is 1.60. The molecule has 0 unspecified atom stereocenters. The Morgan fingerprint density at radius 1 is 1.36 bits per heavy atom. The molecule has 0 saturated heterocycles. The largest absolute Gasteiger partial charge is 0.466 e. The lowest BCUT2D eigenvalue weighted by Gasteiger charge is -2.38. The quantitative estimate of drug-likeness (QED) is 0.492. The van der Waals surface area contributed by atoms with Gasteiger partial charge in [0.15, 0.2) is 5.78 Å². The molecule has 0 bridgehead atoms. The molecule has 4 nitrogen and oxygen atoms in total. The maximum atomic E-state index is 11.6. The zero-order valence-electron chi connectivity index (χ0n) is 8.67. The first-order chi connectivity index (χ1) is 6.64. The maximum Gasteiger partial charge on any atom is 0.313 e. The first-order valence-electron chi connectivity index (χ1n) is 4.88. The summed E-state index contributed by atoms with van der Waals surface area (Å²) in [5.74, 6) is -0.606. The van der Waals surface area contributed by atoms with Crippen molar-refractivity contribution in [1.29, 1.82) is 0 Å². The molecule has 0 heterocycles. The van der Waals surface area contributed by atoms with Crippen molar-refractivity contribution in [1.82, 2.24) is 0 Å². The molecule has 80 valence electrons. The van der Waals surface area contributed by atoms with Gasteiger partial charge in [-0.2, -0.15) is 0 Å². The highest BCUT2D eigenvalue weighted by molar-refractivity contribution is 6.00. The molecule has 0 amide bonds. The van der Waals surface area contributed by atoms with Crippen molar-refractivity contribution in [3.63, 3.8) is 0 Å². The average molecular weight is 200 g/mol. The van der Waals surface area contributed by atoms with Gasteiger partial charge in [-0.05, 0) is 26.2 Å². The number of carbonyl (C=O) groups excluding carboxylic acids is 2. The minimum Gasteiger partial charge on any atom is -0.466 e. The Kier molecular flexibility index (Phi) is 3.63. The van der Waals surface area contributed by atoms with Crippen molar-refractivity contribution in [3.05, 3.63) is 0 Å². The van der Waals surface area contributed by atoms with Gasteiger partial charge in [0.1, 0.15) is 12.0 Å². The lowest BCUT2D eigenvalue weighted by Crippen LogP contribution is -2.47. The summed E-state index contributed by atoms with van der Waals surface area (Å²) in [6, 6.07) is 0. The lowest BCUT2D eigenvalue weighted by atomic mass is 9.76. The second-order valence-electron chi connectivity index (χ2n) is 3.46. The van der Waals surface area contributed by atoms with Gasteiger partial charge in [0.2, 0.25) is 0 Å². The molecule has 0 N–H and O–H groups in total. The van der Waals surface area contributed by atoms with Crippen LogP contribution in [-0.4, -0.2) is 31.1 Å². The maximum absolute atomic E-state index is 11.6. The van der Waals surface area contributed by atoms with E-state index in [0.717, 1.165) is 19.3 Å². The fourth-order valence-electron chi connectivity index (χ4n) is 1.60. The van der Waals surface area contributed by atoms with Gasteiger partial charge in [-0.25, -0.2) is 0 Å². The highest BCUT2D eigenvalue weighted by Crippen LogP contribution is 2.36. The van der Waals surface area contributed by atoms with Crippen molar-refractivity contribution < 1.29 is 19.1 Å². The second kappa shape index (κ2) is 4.55. The molecule has 0 aromatic heterocycles. The van der Waals surface area contributed by atoms with Crippen molar-refractivity contribution in [2.24, 2.45) is 0 Å². The molecule has 0 aromatic carbocycles. The van der Waals surface area contributed by atoms with E-state index in [1.807, 2.05) is 0 Å². The molecule has 0 atom stereocenters. The number of ether oxygens (including phenoxy) is 2. The van der Waals surface area contributed by atoms with Crippen LogP contribution in [0.15, 0.2) is 0 Å². The Morgan fingerprint density at radius 3 is 2.36 bits per heavy atom. The van der Waals surface area contributed by atoms with Crippen LogP contribution in [-0.2, 0) is 19.1 Å². The molecule has 1 aliphatic carbocycles. The predicted molar refractivity (Wildman–Crippen MR) is 49.8 cm³/mol. The third-order valence-electron chi connectivity index (χ3n) is 2.67. The van der Waals surface area contributed by atoms with Crippen LogP contribution in [0.1, 0.15) is 32.6 Å². The van der Waals surface area contributed by atoms with Gasteiger partial charge in [-0.3, -0.25) is 9.59 Å². The molecule has 0 radical (unpaired) electrons. The summed E-state index contributed by atoms with van der Waals surface area (Å²) in [5.41, 5.74) is -0.688. The molecule has 0 spiro atoms. The fraction of sp³-hybridized carbons (Fsp3) is 0.800. The van der Waals surface area contributed by atoms with Gasteiger partial charge in [0, 0.05) is 7.11 Å². The standard InChI is InChI=1S/C10H16O4/c1-3-14-9(12)7-8(11)10(13-2)5-4-6-10/h3-7H2,1-2H3. The molecule has 1 saturated carbocycles. The monoisotopic (exact) mass is 200 g/mol. The topological polar surface area (TPSA) is 52.6 Å². The number of hydrogen-bond acceptors (Lipinski definition) is 4. The molecular weight excluding hydrogens is 184 g/mol. The van der Waals surface area contributed by atoms with E-state index in [4.69, 9.17) is 9.47 Å². The van der Waals surface area contributed by atoms with Crippen LogP contribution in [0.25, 0.3) is 0 Å². The average Bonchev–Trinajstić information content (AvgIpc) is 2.03. The summed E-state index contributed by atoms with van der Waals surface area (Å²) in [5, 5.41) is 0. The van der Waals surface area contributed by atoms with Gasteiger partial charge in [-0.15, -0.1) is 0 Å². The first-order valence-corrected chi connectivity index (χ1v) is 4.88. The summed E-state index contributed by atoms with van der Waals surface area (Å²) in [7, 11) is 1.52. The number of rotatable bonds is 5. The molecule has 1 fully saturated rings. The van der Waals surface area contributed by atoms with Crippen LogP contribution in [0.3, 0.4) is 0 Å². The number of esters is 1. The molecular formula is C10H16O4. The van der Waals surface area contributed by atoms with E-state index in [0.29, 0.717) is 6.61 Å². The van der Waals surface area contributed by atoms with Crippen LogP contribution in [0.5, 0.6) is 0 Å². The molecule has 0 aromatic rings. The third-order valence-corrected chi connectivity index (χ3v) is 2.67. The molecule has 14 heavy (non-hydrogen) atoms. The van der Waals surface area contributed by atoms with E-state index in [2.05, 4.69) is 0 Å². The van der Waals surface area contributed by atoms with Gasteiger partial charge in [0.05, 0.1) is 6.61 Å². The molecule has 0 aliphatic heterocycles. The normalized spacial score (nSPS) is 18.4. The van der Waals surface area contributed by atoms with Crippen LogP contribution in [0, 0.1) is 0 Å². The zero-order chi connectivity index (χ0) is 10.6. The van der Waals surface area contributed by atoms with Gasteiger partial charge in [-0.1, -0.05) is 0 Å². The summed E-state index contributed by atoms with van der Waals surface area (Å²) in [4.78, 5) is 22.7. The summed E-state index contributed by atoms with van der Waals surface area (Å²) in [6.45, 7) is 2.03. The summed E-state index contributed by atoms with van der Waals surface area (Å²) < 4.78 is 9.86. The van der Waals surface area contributed by atoms with Crippen molar-refractivity contribution >= 4 is 11.8 Å². The van der Waals surface area contributed by atoms with Crippen LogP contribution in [0.4, 0.5) is 0 Å². The van der Waals surface area contributed by atoms with E-state index in [9.17, 15) is 9.59 Å². The van der Waals surface area contributed by atoms with Crippen LogP contribution in [0.2, 0.25) is 0 Å². The van der Waals surface area contributed by atoms with E-state index < -0.39 is 11.6 Å². The Morgan fingerprint density at radius 2 is 2.00 bits per heavy atom. The Bertz CT molecular complexity index is 225. The molecule has 1 aliphatic rings. The van der Waals surface area contributed by atoms with Crippen LogP contribution >= 0.6 is 0 Å². The second-order valence-corrected chi connectivity index (χ2v) is 3.46. The predicted octanol–water partition coefficient (Wildman–Crippen LogP) is 1.08. The first kappa shape index (κ1) is 11.2. The Balaban J connectivity index is 2.44. The Hall–Kier alpha value is -0.900. The highest BCUT2D eigenvalue weighted by atomic mass is 16.5. The van der Waals surface area contributed by atoms with Crippen LogP contribution < -0.4 is 0 Å². The summed E-state index contributed by atoms with van der Waals surface area (Å²) >= 11 is 0. The highest BCUT2D eigenvalue weighted by Gasteiger charge is 2.44. The minimum absolute atomic E-state index is 0.148. The molecule has 1 rings (SSSR count). The van der Waals surface area contributed by atoms with Crippen molar-refractivity contribution in [2.75, 3.05) is 13.7 Å². The number of Topliss-reactive ketones (excluding diaryl/α,β-unsaturated/α-hetero) is 1. The number of carbonyl (C=O) groups is 2. The van der Waals surface area contributed by atoms with Crippen molar-refractivity contribution in [2.45, 2.75) is 38.2 Å². The summed E-state index contributed by atoms with van der Waals surface area (Å²) in [6.07, 6.45) is 2.27. The van der Waals surface area contributed by atoms with Crippen molar-refractivity contribution in [3.8, 4) is 0 Å². The van der Waals surface area contributed by atoms with Gasteiger partial charge < -0.3 is 9.47 Å². The molecule has 4 heteroatoms. The lowest BCUT2D eigenvalue weighted by molar-refractivity contribution is -0.158. The number of hydrogen-bond donors (Lipinski definition) is 0. The Labute approximate surface area is 83.6 Å². The van der Waals surface area contributed by atoms with E-state index in [-0.39, 0.29) is 12.2 Å². The van der Waals surface area contributed by atoms with Gasteiger partial charge >= 0.3 is 5.97 Å². The van der Waals surface area contributed by atoms with E-state index in [1.165, 1.54) is 7.11 Å². The number of methoxy groups -OCH3 is 1. The smallest absolute Gasteiger partial charge is 0.313 e. The van der Waals surface area contributed by atoms with Gasteiger partial charge in [0.25, 0.3) is 0 Å². The SMILES string of the molecule is CCOC(=O)CC(=O)C1(OC)CCC1. The van der Waals surface area contributed by atoms with E-state index in [1.54, 1.807) is 6.92 Å².